The summed E-state index contributed by atoms with van der Waals surface area (Å²) in [6, 6.07) is 8.44. The third kappa shape index (κ3) is 4.15. The first-order valence-corrected chi connectivity index (χ1v) is 11.4. The van der Waals surface area contributed by atoms with Gasteiger partial charge in [0.25, 0.3) is 5.91 Å². The number of allylic oxidation sites excluding steroid dienone is 1. The minimum absolute atomic E-state index is 0.00303. The number of aryl methyl sites for hydroxylation is 3. The van der Waals surface area contributed by atoms with E-state index in [2.05, 4.69) is 49.6 Å². The van der Waals surface area contributed by atoms with E-state index in [-0.39, 0.29) is 12.0 Å². The predicted molar refractivity (Wildman–Crippen MR) is 128 cm³/mol. The summed E-state index contributed by atoms with van der Waals surface area (Å²) in [6.07, 6.45) is 3.74. The van der Waals surface area contributed by atoms with Crippen molar-refractivity contribution in [2.24, 2.45) is 0 Å². The van der Waals surface area contributed by atoms with Crippen LogP contribution in [-0.2, 0) is 19.1 Å². The van der Waals surface area contributed by atoms with Gasteiger partial charge < -0.3 is 18.9 Å². The summed E-state index contributed by atoms with van der Waals surface area (Å²) in [5.74, 6) is -0.676. The fourth-order valence-electron chi connectivity index (χ4n) is 4.96. The lowest BCUT2D eigenvalue weighted by molar-refractivity contribution is -0.136. The minimum atomic E-state index is -0.495. The van der Waals surface area contributed by atoms with Crippen LogP contribution >= 0.6 is 0 Å². The molecule has 1 aromatic carbocycles. The monoisotopic (exact) mass is 448 g/mol. The first-order valence-electron chi connectivity index (χ1n) is 11.4. The molecule has 0 spiro atoms. The van der Waals surface area contributed by atoms with Crippen molar-refractivity contribution in [2.45, 2.75) is 53.6 Å². The number of hydrogen-bond donors (Lipinski definition) is 0. The second kappa shape index (κ2) is 9.02. The van der Waals surface area contributed by atoms with Crippen LogP contribution in [0.5, 0.6) is 0 Å². The van der Waals surface area contributed by atoms with Crippen molar-refractivity contribution in [1.29, 1.82) is 0 Å². The number of nitrogens with zero attached hydrogens (tertiary/aromatic N) is 2. The molecule has 174 valence electrons. The van der Waals surface area contributed by atoms with E-state index in [0.29, 0.717) is 30.0 Å². The Morgan fingerprint density at radius 1 is 1.18 bits per heavy atom. The van der Waals surface area contributed by atoms with Gasteiger partial charge in [-0.25, -0.2) is 4.79 Å². The summed E-state index contributed by atoms with van der Waals surface area (Å²) < 4.78 is 13.0. The molecule has 0 radical (unpaired) electrons. The molecule has 1 atom stereocenters. The normalized spacial score (nSPS) is 19.8. The predicted octanol–water partition coefficient (Wildman–Crippen LogP) is 4.56. The quantitative estimate of drug-likeness (QED) is 0.497. The van der Waals surface area contributed by atoms with Crippen LogP contribution in [0.2, 0.25) is 0 Å². The smallest absolute Gasteiger partial charge is 0.340 e. The minimum Gasteiger partial charge on any atom is -0.465 e. The van der Waals surface area contributed by atoms with Gasteiger partial charge in [-0.05, 0) is 76.8 Å². The zero-order valence-electron chi connectivity index (χ0n) is 20.3. The Morgan fingerprint density at radius 2 is 1.94 bits per heavy atom. The van der Waals surface area contributed by atoms with Crippen LogP contribution in [0.3, 0.4) is 0 Å². The van der Waals surface area contributed by atoms with Gasteiger partial charge in [-0.3, -0.25) is 4.79 Å². The molecular weight excluding hydrogens is 416 g/mol. The fraction of sp³-hybridized carbons (Fsp3) is 0.407. The van der Waals surface area contributed by atoms with Gasteiger partial charge in [-0.1, -0.05) is 17.7 Å². The van der Waals surface area contributed by atoms with Crippen LogP contribution < -0.4 is 0 Å². The lowest BCUT2D eigenvalue weighted by atomic mass is 10.0. The SMILES string of the molecule is COC(=O)C1=C(C)N(CC2CCCO2)C(=O)C1=Cc1cc(C)n(-c2ccc(C)cc2C)c1C. The topological polar surface area (TPSA) is 60.8 Å². The average Bonchev–Trinajstić information content (AvgIpc) is 3.44. The Morgan fingerprint density at radius 3 is 2.58 bits per heavy atom. The molecule has 1 aromatic heterocycles. The van der Waals surface area contributed by atoms with Crippen molar-refractivity contribution in [2.75, 3.05) is 20.3 Å². The molecule has 0 saturated carbocycles. The number of benzene rings is 1. The molecule has 2 aromatic rings. The van der Waals surface area contributed by atoms with E-state index in [1.54, 1.807) is 11.8 Å². The van der Waals surface area contributed by atoms with Crippen molar-refractivity contribution in [3.63, 3.8) is 0 Å². The van der Waals surface area contributed by atoms with Crippen LogP contribution in [0.15, 0.2) is 41.1 Å². The Bertz CT molecular complexity index is 1180. The first-order chi connectivity index (χ1) is 15.7. The maximum Gasteiger partial charge on any atom is 0.340 e. The molecule has 0 aliphatic carbocycles. The highest BCUT2D eigenvalue weighted by Crippen LogP contribution is 2.34. The van der Waals surface area contributed by atoms with Gasteiger partial charge in [0.1, 0.15) is 0 Å². The summed E-state index contributed by atoms with van der Waals surface area (Å²) in [5.41, 5.74) is 7.81. The van der Waals surface area contributed by atoms with E-state index in [4.69, 9.17) is 9.47 Å². The number of esters is 1. The number of rotatable bonds is 5. The van der Waals surface area contributed by atoms with Crippen molar-refractivity contribution >= 4 is 18.0 Å². The van der Waals surface area contributed by atoms with E-state index < -0.39 is 5.97 Å². The molecule has 1 unspecified atom stereocenters. The first kappa shape index (κ1) is 23.1. The number of methoxy groups -OCH3 is 1. The van der Waals surface area contributed by atoms with E-state index in [1.807, 2.05) is 13.0 Å². The zero-order chi connectivity index (χ0) is 23.9. The molecule has 2 aliphatic rings. The summed E-state index contributed by atoms with van der Waals surface area (Å²) in [6.45, 7) is 11.2. The largest absolute Gasteiger partial charge is 0.465 e. The van der Waals surface area contributed by atoms with E-state index in [9.17, 15) is 9.59 Å². The molecular formula is C27H32N2O4. The van der Waals surface area contributed by atoms with Crippen molar-refractivity contribution in [3.05, 3.63) is 69.2 Å². The molecule has 2 aliphatic heterocycles. The van der Waals surface area contributed by atoms with Gasteiger partial charge >= 0.3 is 5.97 Å². The number of carbonyl (C=O) groups is 2. The molecule has 6 heteroatoms. The molecule has 1 fully saturated rings. The summed E-state index contributed by atoms with van der Waals surface area (Å²) >= 11 is 0. The Kier molecular flexibility index (Phi) is 6.30. The second-order valence-corrected chi connectivity index (χ2v) is 9.01. The van der Waals surface area contributed by atoms with Crippen LogP contribution in [0.1, 0.15) is 47.8 Å². The van der Waals surface area contributed by atoms with E-state index in [0.717, 1.165) is 35.5 Å². The van der Waals surface area contributed by atoms with Gasteiger partial charge in [0.15, 0.2) is 0 Å². The van der Waals surface area contributed by atoms with E-state index >= 15 is 0 Å². The van der Waals surface area contributed by atoms with E-state index in [1.165, 1.54) is 18.2 Å². The number of aromatic nitrogens is 1. The Labute approximate surface area is 195 Å². The van der Waals surface area contributed by atoms with Gasteiger partial charge in [0.2, 0.25) is 0 Å². The van der Waals surface area contributed by atoms with Gasteiger partial charge in [0, 0.05) is 29.4 Å². The Hall–Kier alpha value is -3.12. The molecule has 0 N–H and O–H groups in total. The van der Waals surface area contributed by atoms with Crippen molar-refractivity contribution < 1.29 is 19.1 Å². The number of hydrogen-bond acceptors (Lipinski definition) is 4. The maximum atomic E-state index is 13.4. The lowest BCUT2D eigenvalue weighted by Crippen LogP contribution is -2.33. The van der Waals surface area contributed by atoms with Crippen LogP contribution in [0.4, 0.5) is 0 Å². The standard InChI is InChI=1S/C27H32N2O4/c1-16-9-10-24(17(2)12-16)29-18(3)13-21(19(29)4)14-23-25(27(31)32-6)20(5)28(26(23)30)15-22-8-7-11-33-22/h9-10,12-14,22H,7-8,11,15H2,1-6H3. The fourth-order valence-corrected chi connectivity index (χ4v) is 4.96. The second-order valence-electron chi connectivity index (χ2n) is 9.01. The third-order valence-electron chi connectivity index (χ3n) is 6.67. The van der Waals surface area contributed by atoms with Crippen LogP contribution in [0, 0.1) is 27.7 Å². The highest BCUT2D eigenvalue weighted by Gasteiger charge is 2.38. The molecule has 33 heavy (non-hydrogen) atoms. The molecule has 6 nitrogen and oxygen atoms in total. The van der Waals surface area contributed by atoms with Gasteiger partial charge in [-0.15, -0.1) is 0 Å². The third-order valence-corrected chi connectivity index (χ3v) is 6.67. The summed E-state index contributed by atoms with van der Waals surface area (Å²) in [5, 5.41) is 0. The number of carbonyl (C=O) groups excluding carboxylic acids is 2. The highest BCUT2D eigenvalue weighted by atomic mass is 16.5. The average molecular weight is 449 g/mol. The van der Waals surface area contributed by atoms with Crippen molar-refractivity contribution in [1.82, 2.24) is 9.47 Å². The van der Waals surface area contributed by atoms with Gasteiger partial charge in [-0.2, -0.15) is 0 Å². The highest BCUT2D eigenvalue weighted by molar-refractivity contribution is 6.16. The van der Waals surface area contributed by atoms with Gasteiger partial charge in [0.05, 0.1) is 30.9 Å². The lowest BCUT2D eigenvalue weighted by Gasteiger charge is -2.21. The Balaban J connectivity index is 1.77. The van der Waals surface area contributed by atoms with Crippen molar-refractivity contribution in [3.8, 4) is 5.69 Å². The number of ether oxygens (including phenoxy) is 2. The zero-order valence-corrected chi connectivity index (χ0v) is 20.3. The molecule has 1 amide bonds. The summed E-state index contributed by atoms with van der Waals surface area (Å²) in [4.78, 5) is 27.8. The number of amides is 1. The van der Waals surface area contributed by atoms with Crippen LogP contribution in [-0.4, -0.2) is 47.7 Å². The van der Waals surface area contributed by atoms with Crippen LogP contribution in [0.25, 0.3) is 11.8 Å². The summed E-state index contributed by atoms with van der Waals surface area (Å²) in [7, 11) is 1.35. The molecule has 0 bridgehead atoms. The molecule has 4 rings (SSSR count). The molecule has 1 saturated heterocycles. The molecule has 3 heterocycles. The maximum absolute atomic E-state index is 13.4.